The van der Waals surface area contributed by atoms with Gasteiger partial charge in [-0.2, -0.15) is 0 Å². The zero-order valence-electron chi connectivity index (χ0n) is 11.5. The smallest absolute Gasteiger partial charge is 0.308 e. The maximum absolute atomic E-state index is 12.7. The normalized spacial score (nSPS) is 18.7. The Morgan fingerprint density at radius 3 is 2.86 bits per heavy atom. The van der Waals surface area contributed by atoms with Crippen molar-refractivity contribution < 1.29 is 14.7 Å². The lowest BCUT2D eigenvalue weighted by atomic mass is 9.97. The van der Waals surface area contributed by atoms with E-state index in [0.29, 0.717) is 25.1 Å². The molecule has 0 saturated carbocycles. The Morgan fingerprint density at radius 1 is 1.24 bits per heavy atom. The summed E-state index contributed by atoms with van der Waals surface area (Å²) in [5.74, 6) is -1.49. The van der Waals surface area contributed by atoms with Crippen LogP contribution in [0.15, 0.2) is 36.5 Å². The van der Waals surface area contributed by atoms with Gasteiger partial charge >= 0.3 is 5.97 Å². The summed E-state index contributed by atoms with van der Waals surface area (Å²) in [6, 6.07) is 9.45. The third-order valence-electron chi connectivity index (χ3n) is 3.93. The minimum atomic E-state index is -0.835. The lowest BCUT2D eigenvalue weighted by Crippen LogP contribution is -2.42. The van der Waals surface area contributed by atoms with Crippen molar-refractivity contribution in [2.24, 2.45) is 5.92 Å². The number of carbonyl (C=O) groups is 2. The average molecular weight is 284 g/mol. The predicted octanol–water partition coefficient (Wildman–Crippen LogP) is 2.17. The monoisotopic (exact) mass is 284 g/mol. The van der Waals surface area contributed by atoms with Crippen LogP contribution in [0.4, 0.5) is 0 Å². The number of nitrogens with zero attached hydrogens (tertiary/aromatic N) is 2. The Morgan fingerprint density at radius 2 is 2.05 bits per heavy atom. The van der Waals surface area contributed by atoms with E-state index in [1.165, 1.54) is 0 Å². The van der Waals surface area contributed by atoms with E-state index in [1.54, 1.807) is 11.1 Å². The maximum Gasteiger partial charge on any atom is 0.308 e. The topological polar surface area (TPSA) is 70.5 Å². The van der Waals surface area contributed by atoms with Crippen molar-refractivity contribution in [1.82, 2.24) is 9.88 Å². The highest BCUT2D eigenvalue weighted by molar-refractivity contribution is 6.05. The van der Waals surface area contributed by atoms with Crippen LogP contribution in [0.25, 0.3) is 10.8 Å². The first-order valence-electron chi connectivity index (χ1n) is 7.02. The fourth-order valence-electron chi connectivity index (χ4n) is 2.80. The number of pyridine rings is 1. The first-order chi connectivity index (χ1) is 10.2. The molecule has 1 N–H and O–H groups in total. The standard InChI is InChI=1S/C16H16N2O3/c19-15(18-9-3-5-12(10-18)16(20)21)14-13-6-2-1-4-11(13)7-8-17-14/h1-2,4,6-8,12H,3,5,9-10H2,(H,20,21). The number of amides is 1. The fourth-order valence-corrected chi connectivity index (χ4v) is 2.80. The van der Waals surface area contributed by atoms with Crippen molar-refractivity contribution in [2.45, 2.75) is 12.8 Å². The maximum atomic E-state index is 12.7. The SMILES string of the molecule is O=C(O)C1CCCN(C(=O)c2nccc3ccccc23)C1. The zero-order chi connectivity index (χ0) is 14.8. The lowest BCUT2D eigenvalue weighted by Gasteiger charge is -2.30. The number of piperidine rings is 1. The molecule has 1 fully saturated rings. The van der Waals surface area contributed by atoms with Crippen molar-refractivity contribution in [3.8, 4) is 0 Å². The van der Waals surface area contributed by atoms with Gasteiger partial charge in [0.1, 0.15) is 5.69 Å². The molecule has 0 spiro atoms. The Hall–Kier alpha value is -2.43. The molecule has 5 heteroatoms. The number of carboxylic acid groups (broad SMARTS) is 1. The van der Waals surface area contributed by atoms with E-state index in [4.69, 9.17) is 5.11 Å². The molecule has 1 aliphatic rings. The third-order valence-corrected chi connectivity index (χ3v) is 3.93. The molecule has 1 saturated heterocycles. The molecule has 2 aromatic rings. The van der Waals surface area contributed by atoms with Crippen molar-refractivity contribution in [2.75, 3.05) is 13.1 Å². The molecule has 1 aromatic carbocycles. The first-order valence-corrected chi connectivity index (χ1v) is 7.02. The highest BCUT2D eigenvalue weighted by atomic mass is 16.4. The summed E-state index contributed by atoms with van der Waals surface area (Å²) in [5.41, 5.74) is 0.402. The van der Waals surface area contributed by atoms with E-state index < -0.39 is 11.9 Å². The van der Waals surface area contributed by atoms with Gasteiger partial charge in [0.2, 0.25) is 0 Å². The predicted molar refractivity (Wildman–Crippen MR) is 78.0 cm³/mol. The number of hydrogen-bond donors (Lipinski definition) is 1. The summed E-state index contributed by atoms with van der Waals surface area (Å²) in [6.45, 7) is 0.854. The van der Waals surface area contributed by atoms with Crippen molar-refractivity contribution in [1.29, 1.82) is 0 Å². The van der Waals surface area contributed by atoms with E-state index in [-0.39, 0.29) is 12.5 Å². The molecular formula is C16H16N2O3. The Kier molecular flexibility index (Phi) is 3.56. The molecule has 21 heavy (non-hydrogen) atoms. The number of aliphatic carboxylic acids is 1. The number of fused-ring (bicyclic) bond motifs is 1. The summed E-state index contributed by atoms with van der Waals surface area (Å²) >= 11 is 0. The van der Waals surface area contributed by atoms with Gasteiger partial charge in [0, 0.05) is 24.7 Å². The molecule has 3 rings (SSSR count). The molecule has 108 valence electrons. The number of rotatable bonds is 2. The van der Waals surface area contributed by atoms with Crippen LogP contribution in [0.2, 0.25) is 0 Å². The quantitative estimate of drug-likeness (QED) is 0.917. The number of benzene rings is 1. The molecule has 0 aliphatic carbocycles. The second kappa shape index (κ2) is 5.52. The summed E-state index contributed by atoms with van der Waals surface area (Å²) in [7, 11) is 0. The molecule has 1 aliphatic heterocycles. The van der Waals surface area contributed by atoms with Crippen LogP contribution < -0.4 is 0 Å². The highest BCUT2D eigenvalue weighted by Gasteiger charge is 2.29. The number of carbonyl (C=O) groups excluding carboxylic acids is 1. The van der Waals surface area contributed by atoms with Crippen LogP contribution in [0.1, 0.15) is 23.3 Å². The van der Waals surface area contributed by atoms with Gasteiger partial charge in [-0.15, -0.1) is 0 Å². The van der Waals surface area contributed by atoms with Crippen molar-refractivity contribution >= 4 is 22.6 Å². The molecule has 1 atom stereocenters. The van der Waals surface area contributed by atoms with E-state index >= 15 is 0 Å². The summed E-state index contributed by atoms with van der Waals surface area (Å²) < 4.78 is 0. The van der Waals surface area contributed by atoms with Crippen LogP contribution >= 0.6 is 0 Å². The molecule has 1 unspecified atom stereocenters. The van der Waals surface area contributed by atoms with Gasteiger partial charge in [0.15, 0.2) is 0 Å². The number of hydrogen-bond acceptors (Lipinski definition) is 3. The van der Waals surface area contributed by atoms with Crippen LogP contribution in [0.5, 0.6) is 0 Å². The summed E-state index contributed by atoms with van der Waals surface area (Å²) in [6.07, 6.45) is 2.96. The molecule has 1 amide bonds. The molecule has 1 aromatic heterocycles. The fraction of sp³-hybridized carbons (Fsp3) is 0.312. The lowest BCUT2D eigenvalue weighted by molar-refractivity contribution is -0.143. The van der Waals surface area contributed by atoms with Crippen molar-refractivity contribution in [3.63, 3.8) is 0 Å². The number of likely N-dealkylation sites (tertiary alicyclic amines) is 1. The van der Waals surface area contributed by atoms with E-state index in [1.807, 2.05) is 30.3 Å². The molecule has 2 heterocycles. The van der Waals surface area contributed by atoms with E-state index in [0.717, 1.165) is 10.8 Å². The van der Waals surface area contributed by atoms with Gasteiger partial charge in [-0.1, -0.05) is 24.3 Å². The molecule has 5 nitrogen and oxygen atoms in total. The average Bonchev–Trinajstić information content (AvgIpc) is 2.53. The zero-order valence-corrected chi connectivity index (χ0v) is 11.5. The van der Waals surface area contributed by atoms with E-state index in [9.17, 15) is 9.59 Å². The third kappa shape index (κ3) is 2.59. The minimum absolute atomic E-state index is 0.183. The van der Waals surface area contributed by atoms with Crippen LogP contribution in [-0.4, -0.2) is 40.0 Å². The Bertz CT molecular complexity index is 693. The second-order valence-electron chi connectivity index (χ2n) is 5.31. The van der Waals surface area contributed by atoms with Gasteiger partial charge in [0.25, 0.3) is 5.91 Å². The number of carboxylic acids is 1. The highest BCUT2D eigenvalue weighted by Crippen LogP contribution is 2.22. The van der Waals surface area contributed by atoms with Crippen LogP contribution in [0, 0.1) is 5.92 Å². The van der Waals surface area contributed by atoms with E-state index in [2.05, 4.69) is 4.98 Å². The summed E-state index contributed by atoms with van der Waals surface area (Å²) in [4.78, 5) is 29.6. The van der Waals surface area contributed by atoms with Gasteiger partial charge in [-0.25, -0.2) is 0 Å². The Labute approximate surface area is 122 Å². The second-order valence-corrected chi connectivity index (χ2v) is 5.31. The Balaban J connectivity index is 1.92. The molecule has 0 radical (unpaired) electrons. The minimum Gasteiger partial charge on any atom is -0.481 e. The van der Waals surface area contributed by atoms with Crippen LogP contribution in [0.3, 0.4) is 0 Å². The summed E-state index contributed by atoms with van der Waals surface area (Å²) in [5, 5.41) is 10.9. The van der Waals surface area contributed by atoms with Gasteiger partial charge < -0.3 is 10.0 Å². The van der Waals surface area contributed by atoms with Gasteiger partial charge in [-0.3, -0.25) is 14.6 Å². The molecule has 0 bridgehead atoms. The van der Waals surface area contributed by atoms with Crippen LogP contribution in [-0.2, 0) is 4.79 Å². The van der Waals surface area contributed by atoms with Gasteiger partial charge in [-0.05, 0) is 24.3 Å². The largest absolute Gasteiger partial charge is 0.481 e. The molecular weight excluding hydrogens is 268 g/mol. The van der Waals surface area contributed by atoms with Crippen molar-refractivity contribution in [3.05, 3.63) is 42.2 Å². The number of aromatic nitrogens is 1. The van der Waals surface area contributed by atoms with Gasteiger partial charge in [0.05, 0.1) is 5.92 Å². The first kappa shape index (κ1) is 13.5.